The quantitative estimate of drug-likeness (QED) is 0.537. The summed E-state index contributed by atoms with van der Waals surface area (Å²) in [6.07, 6.45) is 3.39. The molecule has 0 aliphatic carbocycles. The Kier molecular flexibility index (Phi) is 7.27. The van der Waals surface area contributed by atoms with E-state index in [4.69, 9.17) is 0 Å². The summed E-state index contributed by atoms with van der Waals surface area (Å²) in [5, 5.41) is 17.6. The van der Waals surface area contributed by atoms with Crippen molar-refractivity contribution in [1.29, 1.82) is 0 Å². The number of amides is 1. The Morgan fingerprint density at radius 1 is 0.824 bits per heavy atom. The van der Waals surface area contributed by atoms with Gasteiger partial charge in [0.2, 0.25) is 5.91 Å². The number of piperidine rings is 2. The molecule has 2 aliphatic rings. The number of rotatable bonds is 6. The van der Waals surface area contributed by atoms with Crippen LogP contribution in [0.15, 0.2) is 30.3 Å². The van der Waals surface area contributed by atoms with Crippen LogP contribution in [0.3, 0.4) is 0 Å². The second-order valence-electron chi connectivity index (χ2n) is 13.2. The predicted octanol–water partition coefficient (Wildman–Crippen LogP) is 4.38. The number of hydrogen-bond donors (Lipinski definition) is 3. The lowest BCUT2D eigenvalue weighted by Crippen LogP contribution is -2.68. The molecule has 1 atom stereocenters. The molecule has 1 amide bonds. The number of nitrogens with zero attached hydrogens (tertiary/aromatic N) is 1. The Balaban J connectivity index is 2.03. The molecule has 1 aromatic rings. The Morgan fingerprint density at radius 3 is 1.56 bits per heavy atom. The summed E-state index contributed by atoms with van der Waals surface area (Å²) in [6.45, 7) is 17.4. The Labute approximate surface area is 205 Å². The van der Waals surface area contributed by atoms with Crippen LogP contribution >= 0.6 is 0 Å². The highest BCUT2D eigenvalue weighted by molar-refractivity contribution is 5.97. The first-order valence-corrected chi connectivity index (χ1v) is 12.7. The van der Waals surface area contributed by atoms with Crippen LogP contribution in [0, 0.1) is 5.92 Å². The van der Waals surface area contributed by atoms with Crippen molar-refractivity contribution in [1.82, 2.24) is 15.5 Å². The van der Waals surface area contributed by atoms with Crippen LogP contribution in [-0.2, 0) is 16.0 Å². The van der Waals surface area contributed by atoms with Crippen LogP contribution < -0.4 is 10.6 Å². The van der Waals surface area contributed by atoms with E-state index in [2.05, 4.69) is 66.0 Å². The van der Waals surface area contributed by atoms with Crippen molar-refractivity contribution in [3.8, 4) is 0 Å². The van der Waals surface area contributed by atoms with E-state index in [0.717, 1.165) is 31.2 Å². The lowest BCUT2D eigenvalue weighted by molar-refractivity contribution is -0.156. The molecule has 3 rings (SSSR count). The third-order valence-electron chi connectivity index (χ3n) is 7.26. The number of carboxylic acids is 1. The molecule has 2 heterocycles. The summed E-state index contributed by atoms with van der Waals surface area (Å²) in [6, 6.07) is 9.46. The molecule has 0 saturated carbocycles. The SMILES string of the molecule is CC1(C)CC(N(C(=O)C(Cc2ccccc2)C(=O)O)C2CC(C)(C)NC(C)(C)C2)CC(C)(C)N1. The molecule has 0 spiro atoms. The zero-order chi connectivity index (χ0) is 25.5. The number of carbonyl (C=O) groups excluding carboxylic acids is 1. The van der Waals surface area contributed by atoms with Gasteiger partial charge in [0.1, 0.15) is 5.92 Å². The van der Waals surface area contributed by atoms with Gasteiger partial charge in [-0.1, -0.05) is 30.3 Å². The summed E-state index contributed by atoms with van der Waals surface area (Å²) in [7, 11) is 0. The molecule has 0 bridgehead atoms. The highest BCUT2D eigenvalue weighted by Crippen LogP contribution is 2.39. The molecule has 1 unspecified atom stereocenters. The van der Waals surface area contributed by atoms with E-state index in [-0.39, 0.29) is 46.6 Å². The maximum atomic E-state index is 14.2. The van der Waals surface area contributed by atoms with Crippen LogP contribution in [-0.4, -0.2) is 56.1 Å². The average molecular weight is 472 g/mol. The molecule has 2 fully saturated rings. The molecule has 6 heteroatoms. The number of carboxylic acid groups (broad SMARTS) is 1. The van der Waals surface area contributed by atoms with Crippen molar-refractivity contribution < 1.29 is 14.7 Å². The fourth-order valence-corrected chi connectivity index (χ4v) is 6.90. The van der Waals surface area contributed by atoms with E-state index < -0.39 is 11.9 Å². The van der Waals surface area contributed by atoms with Crippen molar-refractivity contribution in [3.05, 3.63) is 35.9 Å². The largest absolute Gasteiger partial charge is 0.481 e. The lowest BCUT2D eigenvalue weighted by Gasteiger charge is -2.55. The van der Waals surface area contributed by atoms with Crippen LogP contribution in [0.5, 0.6) is 0 Å². The third-order valence-corrected chi connectivity index (χ3v) is 7.26. The van der Waals surface area contributed by atoms with Crippen LogP contribution in [0.4, 0.5) is 0 Å². The van der Waals surface area contributed by atoms with Gasteiger partial charge in [-0.25, -0.2) is 0 Å². The van der Waals surface area contributed by atoms with E-state index in [1.54, 1.807) is 0 Å². The van der Waals surface area contributed by atoms with E-state index in [1.807, 2.05) is 35.2 Å². The Morgan fingerprint density at radius 2 is 1.21 bits per heavy atom. The lowest BCUT2D eigenvalue weighted by atomic mass is 9.74. The summed E-state index contributed by atoms with van der Waals surface area (Å²) < 4.78 is 0. The molecule has 1 aromatic carbocycles. The fourth-order valence-electron chi connectivity index (χ4n) is 6.90. The van der Waals surface area contributed by atoms with E-state index in [0.29, 0.717) is 0 Å². The Bertz CT molecular complexity index is 821. The van der Waals surface area contributed by atoms with Gasteiger partial charge in [-0.05, 0) is 93.1 Å². The molecule has 3 N–H and O–H groups in total. The van der Waals surface area contributed by atoms with Crippen LogP contribution in [0.25, 0.3) is 0 Å². The number of benzene rings is 1. The molecule has 190 valence electrons. The topological polar surface area (TPSA) is 81.7 Å². The van der Waals surface area contributed by atoms with Gasteiger partial charge >= 0.3 is 5.97 Å². The zero-order valence-corrected chi connectivity index (χ0v) is 22.4. The first kappa shape index (κ1) is 26.7. The second-order valence-corrected chi connectivity index (χ2v) is 13.2. The van der Waals surface area contributed by atoms with Gasteiger partial charge in [0, 0.05) is 34.2 Å². The van der Waals surface area contributed by atoms with Crippen molar-refractivity contribution in [2.24, 2.45) is 5.92 Å². The second kappa shape index (κ2) is 9.27. The first-order valence-electron chi connectivity index (χ1n) is 12.7. The zero-order valence-electron chi connectivity index (χ0n) is 22.4. The highest BCUT2D eigenvalue weighted by Gasteiger charge is 2.49. The van der Waals surface area contributed by atoms with Gasteiger partial charge in [0.25, 0.3) is 0 Å². The first-order chi connectivity index (χ1) is 15.5. The smallest absolute Gasteiger partial charge is 0.316 e. The normalized spacial score (nSPS) is 24.8. The molecule has 6 nitrogen and oxygen atoms in total. The van der Waals surface area contributed by atoms with Crippen molar-refractivity contribution in [2.75, 3.05) is 0 Å². The maximum Gasteiger partial charge on any atom is 0.316 e. The summed E-state index contributed by atoms with van der Waals surface area (Å²) >= 11 is 0. The molecular weight excluding hydrogens is 426 g/mol. The van der Waals surface area contributed by atoms with Gasteiger partial charge in [0.05, 0.1) is 0 Å². The van der Waals surface area contributed by atoms with E-state index in [9.17, 15) is 14.7 Å². The number of nitrogens with one attached hydrogen (secondary N) is 2. The molecule has 0 radical (unpaired) electrons. The van der Waals surface area contributed by atoms with Crippen molar-refractivity contribution >= 4 is 11.9 Å². The average Bonchev–Trinajstić information content (AvgIpc) is 2.61. The maximum absolute atomic E-state index is 14.2. The van der Waals surface area contributed by atoms with Crippen LogP contribution in [0.1, 0.15) is 86.6 Å². The fraction of sp³-hybridized carbons (Fsp3) is 0.714. The highest BCUT2D eigenvalue weighted by atomic mass is 16.4. The summed E-state index contributed by atoms with van der Waals surface area (Å²) in [5.41, 5.74) is 0.268. The molecule has 34 heavy (non-hydrogen) atoms. The molecule has 0 aromatic heterocycles. The monoisotopic (exact) mass is 471 g/mol. The minimum atomic E-state index is -1.09. The van der Waals surface area contributed by atoms with Gasteiger partial charge in [-0.2, -0.15) is 0 Å². The molecule has 2 aliphatic heterocycles. The summed E-state index contributed by atoms with van der Waals surface area (Å²) in [5.74, 6) is -2.38. The van der Waals surface area contributed by atoms with Gasteiger partial charge in [0.15, 0.2) is 0 Å². The van der Waals surface area contributed by atoms with Gasteiger partial charge in [-0.15, -0.1) is 0 Å². The van der Waals surface area contributed by atoms with Gasteiger partial charge < -0.3 is 20.6 Å². The van der Waals surface area contributed by atoms with Crippen molar-refractivity contribution in [3.63, 3.8) is 0 Å². The van der Waals surface area contributed by atoms with E-state index >= 15 is 0 Å². The van der Waals surface area contributed by atoms with Gasteiger partial charge in [-0.3, -0.25) is 9.59 Å². The molecular formula is C28H45N3O3. The number of aliphatic carboxylic acids is 1. The van der Waals surface area contributed by atoms with Crippen molar-refractivity contribution in [2.45, 2.75) is 122 Å². The molecule has 2 saturated heterocycles. The Hall–Kier alpha value is -1.92. The number of hydrogen-bond acceptors (Lipinski definition) is 4. The number of carbonyl (C=O) groups is 2. The summed E-state index contributed by atoms with van der Waals surface area (Å²) in [4.78, 5) is 28.7. The van der Waals surface area contributed by atoms with E-state index in [1.165, 1.54) is 0 Å². The third kappa shape index (κ3) is 6.60. The standard InChI is InChI=1S/C28H45N3O3/c1-25(2)15-20(16-26(3,4)29-25)31(21-17-27(5,6)30-28(7,8)18-21)23(32)22(24(33)34)14-19-12-10-9-11-13-19/h9-13,20-22,29-30H,14-18H2,1-8H3,(H,33,34). The van der Waals surface area contributed by atoms with Crippen LogP contribution in [0.2, 0.25) is 0 Å². The predicted molar refractivity (Wildman–Crippen MR) is 137 cm³/mol. The minimum absolute atomic E-state index is 0.0222. The minimum Gasteiger partial charge on any atom is -0.481 e.